The molecule has 0 spiro atoms. The molecule has 2 aromatic heterocycles. The molecule has 44 heavy (non-hydrogen) atoms. The van der Waals surface area contributed by atoms with E-state index in [9.17, 15) is 4.79 Å². The minimum atomic E-state index is -0.315. The van der Waals surface area contributed by atoms with Crippen LogP contribution in [0.2, 0.25) is 10.0 Å². The molecule has 1 fully saturated rings. The van der Waals surface area contributed by atoms with Crippen molar-refractivity contribution in [1.82, 2.24) is 19.9 Å². The maximum atomic E-state index is 12.3. The molecular formula is C32H32Cl2N6O4. The summed E-state index contributed by atoms with van der Waals surface area (Å²) in [5, 5.41) is 6.69. The van der Waals surface area contributed by atoms with Crippen LogP contribution in [0, 0.1) is 5.92 Å². The summed E-state index contributed by atoms with van der Waals surface area (Å²) in [6, 6.07) is 12.8. The maximum Gasteiger partial charge on any atom is 0.247 e. The number of likely N-dealkylation sites (tertiary alicyclic amines) is 1. The number of hydrogen-bond acceptors (Lipinski definition) is 9. The number of nitrogens with zero attached hydrogens (tertiary/aromatic N) is 4. The first kappa shape index (κ1) is 31.1. The van der Waals surface area contributed by atoms with Crippen LogP contribution in [-0.2, 0) is 11.2 Å². The van der Waals surface area contributed by atoms with Gasteiger partial charge in [0.15, 0.2) is 0 Å². The monoisotopic (exact) mass is 634 g/mol. The largest absolute Gasteiger partial charge is 0.495 e. The van der Waals surface area contributed by atoms with E-state index in [0.29, 0.717) is 64.6 Å². The number of benzene rings is 2. The van der Waals surface area contributed by atoms with Crippen LogP contribution in [-0.4, -0.2) is 66.7 Å². The van der Waals surface area contributed by atoms with E-state index in [1.165, 1.54) is 26.6 Å². The number of carbonyl (C=O) groups is 1. The van der Waals surface area contributed by atoms with E-state index >= 15 is 0 Å². The second-order valence-electron chi connectivity index (χ2n) is 10.3. The van der Waals surface area contributed by atoms with Crippen LogP contribution in [0.3, 0.4) is 0 Å². The van der Waals surface area contributed by atoms with E-state index in [-0.39, 0.29) is 16.0 Å². The Labute approximate surface area is 266 Å². The Balaban J connectivity index is 1.42. The van der Waals surface area contributed by atoms with Gasteiger partial charge in [-0.3, -0.25) is 4.79 Å². The first-order chi connectivity index (χ1) is 21.3. The van der Waals surface area contributed by atoms with Crippen LogP contribution in [0.25, 0.3) is 11.3 Å². The van der Waals surface area contributed by atoms with Crippen LogP contribution in [0.4, 0.5) is 17.2 Å². The van der Waals surface area contributed by atoms with Crippen molar-refractivity contribution in [1.29, 1.82) is 0 Å². The van der Waals surface area contributed by atoms with Gasteiger partial charge in [-0.2, -0.15) is 0 Å². The first-order valence-electron chi connectivity index (χ1n) is 13.8. The van der Waals surface area contributed by atoms with E-state index in [1.807, 2.05) is 30.3 Å². The molecule has 4 aromatic rings. The van der Waals surface area contributed by atoms with Crippen molar-refractivity contribution in [3.8, 4) is 28.5 Å². The van der Waals surface area contributed by atoms with Gasteiger partial charge in [-0.25, -0.2) is 15.0 Å². The average molecular weight is 636 g/mol. The standard InChI is InChI=1S/C32H32Cl2N6O4/c1-5-28(41)38-24-13-22(44-17-19-15-40(2)16-19)9-8-20(24)11-21-12-25(37-18-36-21)23-7-6-10-35-32(23)39-31-29(33)26(42-3)14-27(43-4)30(31)34/h5-10,12-14,18-19H,1,11,15-17H2,2-4H3,(H,35,39)(H,38,41). The molecule has 0 atom stereocenters. The molecule has 5 rings (SSSR count). The fraction of sp³-hybridized carbons (Fsp3) is 0.250. The van der Waals surface area contributed by atoms with Crippen molar-refractivity contribution in [3.63, 3.8) is 0 Å². The van der Waals surface area contributed by atoms with Gasteiger partial charge in [-0.1, -0.05) is 35.8 Å². The lowest BCUT2D eigenvalue weighted by Crippen LogP contribution is -2.46. The number of pyridine rings is 1. The molecule has 1 aliphatic rings. The molecular weight excluding hydrogens is 603 g/mol. The van der Waals surface area contributed by atoms with Crippen molar-refractivity contribution in [2.24, 2.45) is 5.92 Å². The molecule has 2 aromatic carbocycles. The van der Waals surface area contributed by atoms with Gasteiger partial charge in [0, 0.05) is 60.7 Å². The fourth-order valence-corrected chi connectivity index (χ4v) is 5.50. The Kier molecular flexibility index (Phi) is 9.84. The molecule has 1 amide bonds. The minimum Gasteiger partial charge on any atom is -0.495 e. The van der Waals surface area contributed by atoms with Crippen LogP contribution >= 0.6 is 23.2 Å². The predicted molar refractivity (Wildman–Crippen MR) is 173 cm³/mol. The number of halogens is 2. The summed E-state index contributed by atoms with van der Waals surface area (Å²) in [7, 11) is 5.10. The van der Waals surface area contributed by atoms with Gasteiger partial charge in [0.05, 0.1) is 32.2 Å². The summed E-state index contributed by atoms with van der Waals surface area (Å²) >= 11 is 13.2. The highest BCUT2D eigenvalue weighted by atomic mass is 35.5. The molecule has 228 valence electrons. The second-order valence-corrected chi connectivity index (χ2v) is 11.0. The quantitative estimate of drug-likeness (QED) is 0.174. The first-order valence-corrected chi connectivity index (χ1v) is 14.6. The van der Waals surface area contributed by atoms with E-state index in [4.69, 9.17) is 37.4 Å². The average Bonchev–Trinajstić information content (AvgIpc) is 3.02. The Morgan fingerprint density at radius 2 is 1.82 bits per heavy atom. The Morgan fingerprint density at radius 3 is 2.50 bits per heavy atom. The van der Waals surface area contributed by atoms with Gasteiger partial charge in [-0.05, 0) is 43.0 Å². The van der Waals surface area contributed by atoms with Crippen LogP contribution in [0.5, 0.6) is 17.2 Å². The zero-order valence-electron chi connectivity index (χ0n) is 24.6. The number of aromatic nitrogens is 3. The molecule has 2 N–H and O–H groups in total. The third kappa shape index (κ3) is 7.05. The molecule has 0 aliphatic carbocycles. The van der Waals surface area contributed by atoms with E-state index in [1.54, 1.807) is 18.3 Å². The maximum absolute atomic E-state index is 12.3. The Bertz CT molecular complexity index is 1650. The number of amides is 1. The summed E-state index contributed by atoms with van der Waals surface area (Å²) < 4.78 is 16.8. The highest BCUT2D eigenvalue weighted by Crippen LogP contribution is 2.45. The summed E-state index contributed by atoms with van der Waals surface area (Å²) in [4.78, 5) is 28.0. The lowest BCUT2D eigenvalue weighted by atomic mass is 10.0. The van der Waals surface area contributed by atoms with Crippen molar-refractivity contribution >= 4 is 46.3 Å². The van der Waals surface area contributed by atoms with Gasteiger partial charge < -0.3 is 29.7 Å². The third-order valence-corrected chi connectivity index (χ3v) is 7.90. The fourth-order valence-electron chi connectivity index (χ4n) is 4.91. The molecule has 0 bridgehead atoms. The van der Waals surface area contributed by atoms with Gasteiger partial charge in [0.1, 0.15) is 39.4 Å². The Morgan fingerprint density at radius 1 is 1.07 bits per heavy atom. The smallest absolute Gasteiger partial charge is 0.247 e. The zero-order chi connectivity index (χ0) is 31.2. The molecule has 12 heteroatoms. The number of methoxy groups -OCH3 is 2. The molecule has 1 saturated heterocycles. The topological polar surface area (TPSA) is 111 Å². The van der Waals surface area contributed by atoms with Gasteiger partial charge in [0.25, 0.3) is 0 Å². The van der Waals surface area contributed by atoms with E-state index in [0.717, 1.165) is 24.3 Å². The van der Waals surface area contributed by atoms with Crippen molar-refractivity contribution in [2.75, 3.05) is 51.6 Å². The molecule has 1 aliphatic heterocycles. The highest BCUT2D eigenvalue weighted by Gasteiger charge is 2.24. The molecule has 10 nitrogen and oxygen atoms in total. The lowest BCUT2D eigenvalue weighted by molar-refractivity contribution is -0.111. The Hall–Kier alpha value is -4.38. The zero-order valence-corrected chi connectivity index (χ0v) is 26.1. The van der Waals surface area contributed by atoms with Crippen LogP contribution < -0.4 is 24.8 Å². The van der Waals surface area contributed by atoms with E-state index < -0.39 is 0 Å². The molecule has 0 unspecified atom stereocenters. The normalized spacial score (nSPS) is 13.1. The van der Waals surface area contributed by atoms with Gasteiger partial charge in [0.2, 0.25) is 5.91 Å². The lowest BCUT2D eigenvalue weighted by Gasteiger charge is -2.35. The highest BCUT2D eigenvalue weighted by molar-refractivity contribution is 6.41. The van der Waals surface area contributed by atoms with Crippen molar-refractivity contribution in [2.45, 2.75) is 6.42 Å². The summed E-state index contributed by atoms with van der Waals surface area (Å²) in [5.41, 5.74) is 3.90. The van der Waals surface area contributed by atoms with Crippen LogP contribution in [0.1, 0.15) is 11.3 Å². The SMILES string of the molecule is C=CC(=O)Nc1cc(OCC2CN(C)C2)ccc1Cc1cc(-c2cccnc2Nc2c(Cl)c(OC)cc(OC)c2Cl)ncn1. The van der Waals surface area contributed by atoms with Gasteiger partial charge in [-0.15, -0.1) is 0 Å². The van der Waals surface area contributed by atoms with E-state index in [2.05, 4.69) is 44.1 Å². The number of anilines is 3. The van der Waals surface area contributed by atoms with Crippen molar-refractivity contribution < 1.29 is 19.0 Å². The van der Waals surface area contributed by atoms with Crippen molar-refractivity contribution in [3.05, 3.63) is 88.9 Å². The molecule has 0 saturated carbocycles. The summed E-state index contributed by atoms with van der Waals surface area (Å²) in [5.74, 6) is 2.12. The summed E-state index contributed by atoms with van der Waals surface area (Å²) in [6.07, 6.45) is 4.79. The predicted octanol–water partition coefficient (Wildman–Crippen LogP) is 6.26. The number of ether oxygens (including phenoxy) is 3. The molecule has 3 heterocycles. The third-order valence-electron chi connectivity index (χ3n) is 7.15. The molecule has 0 radical (unpaired) electrons. The number of hydrogen-bond donors (Lipinski definition) is 2. The van der Waals surface area contributed by atoms with Crippen LogP contribution in [0.15, 0.2) is 67.6 Å². The number of carbonyl (C=O) groups excluding carboxylic acids is 1. The second kappa shape index (κ2) is 13.9. The number of nitrogens with one attached hydrogen (secondary N) is 2. The minimum absolute atomic E-state index is 0.278. The van der Waals surface area contributed by atoms with Gasteiger partial charge >= 0.3 is 0 Å². The summed E-state index contributed by atoms with van der Waals surface area (Å²) in [6.45, 7) is 6.22. The number of rotatable bonds is 12.